The molecule has 0 aliphatic carbocycles. The SMILES string of the molecule is CC(=O)N1CC2=C(C1)N=CC=C=N2. The number of rotatable bonds is 0. The van der Waals surface area contributed by atoms with Crippen LogP contribution in [0.1, 0.15) is 6.92 Å². The average Bonchev–Trinajstić information content (AvgIpc) is 2.38. The second-order valence-corrected chi connectivity index (χ2v) is 2.95. The lowest BCUT2D eigenvalue weighted by Crippen LogP contribution is -2.26. The molecule has 13 heavy (non-hydrogen) atoms. The van der Waals surface area contributed by atoms with Gasteiger partial charge in [0.15, 0.2) is 0 Å². The third-order valence-electron chi connectivity index (χ3n) is 2.04. The molecule has 4 heteroatoms. The van der Waals surface area contributed by atoms with Gasteiger partial charge < -0.3 is 4.90 Å². The van der Waals surface area contributed by atoms with Gasteiger partial charge in [0.05, 0.1) is 24.5 Å². The summed E-state index contributed by atoms with van der Waals surface area (Å²) in [4.78, 5) is 21.0. The Balaban J connectivity index is 2.24. The summed E-state index contributed by atoms with van der Waals surface area (Å²) in [6.07, 6.45) is 3.31. The highest BCUT2D eigenvalue weighted by Gasteiger charge is 2.23. The van der Waals surface area contributed by atoms with Crippen LogP contribution in [-0.4, -0.2) is 36.0 Å². The molecule has 0 fully saturated rings. The second kappa shape index (κ2) is 2.99. The van der Waals surface area contributed by atoms with Gasteiger partial charge in [-0.1, -0.05) is 0 Å². The molecule has 1 amide bonds. The standard InChI is InChI=1S/C9H9N3O/c1-7(13)12-5-8-9(6-12)11-4-2-3-10-8/h2-3H,5-6H2,1H3. The molecule has 2 aliphatic heterocycles. The molecule has 2 aliphatic rings. The second-order valence-electron chi connectivity index (χ2n) is 2.95. The molecule has 0 saturated carbocycles. The van der Waals surface area contributed by atoms with Crippen LogP contribution in [0.2, 0.25) is 0 Å². The maximum absolute atomic E-state index is 11.1. The molecule has 0 aromatic heterocycles. The topological polar surface area (TPSA) is 45.0 Å². The number of nitrogens with zero attached hydrogens (tertiary/aromatic N) is 3. The Kier molecular flexibility index (Phi) is 1.83. The van der Waals surface area contributed by atoms with E-state index in [4.69, 9.17) is 0 Å². The van der Waals surface area contributed by atoms with E-state index in [9.17, 15) is 4.79 Å². The first-order valence-electron chi connectivity index (χ1n) is 4.07. The molecular weight excluding hydrogens is 166 g/mol. The fourth-order valence-electron chi connectivity index (χ4n) is 1.31. The summed E-state index contributed by atoms with van der Waals surface area (Å²) in [7, 11) is 0. The van der Waals surface area contributed by atoms with Crippen molar-refractivity contribution in [3.8, 4) is 0 Å². The molecule has 0 spiro atoms. The van der Waals surface area contributed by atoms with E-state index >= 15 is 0 Å². The van der Waals surface area contributed by atoms with E-state index in [0.29, 0.717) is 13.1 Å². The van der Waals surface area contributed by atoms with Crippen molar-refractivity contribution in [2.75, 3.05) is 13.1 Å². The van der Waals surface area contributed by atoms with Crippen LogP contribution in [0.15, 0.2) is 27.5 Å². The van der Waals surface area contributed by atoms with Gasteiger partial charge >= 0.3 is 0 Å². The zero-order valence-corrected chi connectivity index (χ0v) is 7.32. The van der Waals surface area contributed by atoms with Crippen molar-refractivity contribution in [1.82, 2.24) is 4.90 Å². The largest absolute Gasteiger partial charge is 0.331 e. The van der Waals surface area contributed by atoms with Gasteiger partial charge in [-0.25, -0.2) is 4.99 Å². The van der Waals surface area contributed by atoms with E-state index < -0.39 is 0 Å². The first-order valence-corrected chi connectivity index (χ1v) is 4.07. The molecule has 0 unspecified atom stereocenters. The molecule has 0 N–H and O–H groups in total. The maximum Gasteiger partial charge on any atom is 0.220 e. The summed E-state index contributed by atoms with van der Waals surface area (Å²) in [5.74, 6) is 2.79. The fraction of sp³-hybridized carbons (Fsp3) is 0.333. The highest BCUT2D eigenvalue weighted by atomic mass is 16.2. The Hall–Kier alpha value is -1.67. The molecule has 0 aromatic rings. The van der Waals surface area contributed by atoms with Gasteiger partial charge in [0.25, 0.3) is 0 Å². The first-order chi connectivity index (χ1) is 6.27. The third-order valence-corrected chi connectivity index (χ3v) is 2.04. The number of carbonyl (C=O) groups excluding carboxylic acids is 1. The molecular formula is C9H9N3O. The van der Waals surface area contributed by atoms with Gasteiger partial charge in [-0.3, -0.25) is 9.79 Å². The maximum atomic E-state index is 11.1. The van der Waals surface area contributed by atoms with E-state index in [1.165, 1.54) is 0 Å². The fourth-order valence-corrected chi connectivity index (χ4v) is 1.31. The molecule has 0 bridgehead atoms. The summed E-state index contributed by atoms with van der Waals surface area (Å²) in [5.41, 5.74) is 1.72. The zero-order chi connectivity index (χ0) is 9.26. The van der Waals surface area contributed by atoms with E-state index in [1.807, 2.05) is 0 Å². The Morgan fingerprint density at radius 1 is 1.54 bits per heavy atom. The van der Waals surface area contributed by atoms with Crippen LogP contribution in [0.25, 0.3) is 0 Å². The van der Waals surface area contributed by atoms with Gasteiger partial charge in [-0.05, 0) is 5.87 Å². The van der Waals surface area contributed by atoms with Crippen molar-refractivity contribution in [3.63, 3.8) is 0 Å². The van der Waals surface area contributed by atoms with Crippen molar-refractivity contribution in [3.05, 3.63) is 17.5 Å². The van der Waals surface area contributed by atoms with Crippen molar-refractivity contribution in [2.45, 2.75) is 6.92 Å². The Morgan fingerprint density at radius 2 is 2.31 bits per heavy atom. The van der Waals surface area contributed by atoms with Crippen molar-refractivity contribution >= 4 is 18.0 Å². The number of amides is 1. The number of carbonyl (C=O) groups is 1. The smallest absolute Gasteiger partial charge is 0.220 e. The number of aliphatic imine (C=N–C) groups is 2. The van der Waals surface area contributed by atoms with Crippen LogP contribution in [0.4, 0.5) is 0 Å². The predicted molar refractivity (Wildman–Crippen MR) is 49.8 cm³/mol. The third kappa shape index (κ3) is 1.44. The van der Waals surface area contributed by atoms with Crippen LogP contribution < -0.4 is 0 Å². The lowest BCUT2D eigenvalue weighted by atomic mass is 10.4. The molecule has 0 saturated heterocycles. The molecule has 2 rings (SSSR count). The normalized spacial score (nSPS) is 19.3. The summed E-state index contributed by atoms with van der Waals surface area (Å²) in [5, 5.41) is 0. The highest BCUT2D eigenvalue weighted by molar-refractivity contribution is 5.85. The van der Waals surface area contributed by atoms with Crippen LogP contribution in [0.3, 0.4) is 0 Å². The lowest BCUT2D eigenvalue weighted by Gasteiger charge is -2.11. The van der Waals surface area contributed by atoms with Crippen molar-refractivity contribution in [1.29, 1.82) is 0 Å². The molecule has 66 valence electrons. The molecule has 4 nitrogen and oxygen atoms in total. The minimum Gasteiger partial charge on any atom is -0.331 e. The van der Waals surface area contributed by atoms with Gasteiger partial charge in [-0.15, -0.1) is 0 Å². The van der Waals surface area contributed by atoms with E-state index in [-0.39, 0.29) is 5.91 Å². The van der Waals surface area contributed by atoms with Crippen molar-refractivity contribution in [2.24, 2.45) is 9.98 Å². The Morgan fingerprint density at radius 3 is 3.08 bits per heavy atom. The molecule has 2 heterocycles. The quantitative estimate of drug-likeness (QED) is 0.524. The number of hydrogen-bond donors (Lipinski definition) is 0. The Bertz CT molecular complexity index is 372. The van der Waals surface area contributed by atoms with E-state index in [2.05, 4.69) is 15.9 Å². The summed E-state index contributed by atoms with van der Waals surface area (Å²) in [6.45, 7) is 2.68. The summed E-state index contributed by atoms with van der Waals surface area (Å²) >= 11 is 0. The van der Waals surface area contributed by atoms with Gasteiger partial charge in [-0.2, -0.15) is 0 Å². The number of hydrogen-bond acceptors (Lipinski definition) is 3. The van der Waals surface area contributed by atoms with Crippen molar-refractivity contribution < 1.29 is 4.79 Å². The van der Waals surface area contributed by atoms with Gasteiger partial charge in [0.2, 0.25) is 5.91 Å². The molecule has 0 atom stereocenters. The first kappa shape index (κ1) is 7.95. The highest BCUT2D eigenvalue weighted by Crippen LogP contribution is 2.19. The lowest BCUT2D eigenvalue weighted by molar-refractivity contribution is -0.127. The molecule has 0 aromatic carbocycles. The minimum atomic E-state index is 0.0578. The van der Waals surface area contributed by atoms with Crippen LogP contribution in [0.5, 0.6) is 0 Å². The van der Waals surface area contributed by atoms with E-state index in [1.54, 1.807) is 24.1 Å². The van der Waals surface area contributed by atoms with Crippen LogP contribution in [0, 0.1) is 0 Å². The monoisotopic (exact) mass is 175 g/mol. The predicted octanol–water partition coefficient (Wildman–Crippen LogP) is 0.370. The Labute approximate surface area is 76.0 Å². The average molecular weight is 175 g/mol. The minimum absolute atomic E-state index is 0.0578. The number of allylic oxidation sites excluding steroid dienone is 1. The summed E-state index contributed by atoms with van der Waals surface area (Å²) in [6, 6.07) is 0. The van der Waals surface area contributed by atoms with Crippen LogP contribution in [-0.2, 0) is 4.79 Å². The van der Waals surface area contributed by atoms with E-state index in [0.717, 1.165) is 11.4 Å². The molecule has 0 radical (unpaired) electrons. The van der Waals surface area contributed by atoms with Crippen LogP contribution >= 0.6 is 0 Å². The zero-order valence-electron chi connectivity index (χ0n) is 7.32. The van der Waals surface area contributed by atoms with Gasteiger partial charge in [0.1, 0.15) is 0 Å². The van der Waals surface area contributed by atoms with Gasteiger partial charge in [0, 0.05) is 19.2 Å². The summed E-state index contributed by atoms with van der Waals surface area (Å²) < 4.78 is 0.